The summed E-state index contributed by atoms with van der Waals surface area (Å²) in [6.45, 7) is 13.8. The highest BCUT2D eigenvalue weighted by molar-refractivity contribution is 5.92. The lowest BCUT2D eigenvalue weighted by atomic mass is 9.48. The molecule has 3 aromatic carbocycles. The van der Waals surface area contributed by atoms with Gasteiger partial charge in [-0.2, -0.15) is 0 Å². The SMILES string of the molecule is COc1ccc(C(c2cccc(O)c2)(C(C)(C)C)C(C)(C)C)c2ccccc12. The first-order chi connectivity index (χ1) is 13.0. The Morgan fingerprint density at radius 2 is 1.32 bits per heavy atom. The van der Waals surface area contributed by atoms with Crippen LogP contribution in [0.2, 0.25) is 0 Å². The van der Waals surface area contributed by atoms with E-state index in [0.717, 1.165) is 16.7 Å². The molecule has 0 fully saturated rings. The molecular formula is C26H32O2. The molecule has 0 radical (unpaired) electrons. The summed E-state index contributed by atoms with van der Waals surface area (Å²) in [4.78, 5) is 0. The van der Waals surface area contributed by atoms with Gasteiger partial charge in [-0.15, -0.1) is 0 Å². The molecule has 0 bridgehead atoms. The van der Waals surface area contributed by atoms with E-state index in [1.165, 1.54) is 10.9 Å². The average Bonchev–Trinajstić information content (AvgIpc) is 2.60. The summed E-state index contributed by atoms with van der Waals surface area (Å²) in [5.74, 6) is 1.18. The Hall–Kier alpha value is -2.48. The van der Waals surface area contributed by atoms with Crippen LogP contribution in [0.15, 0.2) is 60.7 Å². The van der Waals surface area contributed by atoms with Crippen LogP contribution in [0, 0.1) is 10.8 Å². The van der Waals surface area contributed by atoms with Gasteiger partial charge in [-0.1, -0.05) is 84.0 Å². The van der Waals surface area contributed by atoms with E-state index in [2.05, 4.69) is 84.0 Å². The zero-order valence-corrected chi connectivity index (χ0v) is 18.1. The summed E-state index contributed by atoms with van der Waals surface area (Å²) in [5.41, 5.74) is 1.81. The van der Waals surface area contributed by atoms with Crippen molar-refractivity contribution in [2.24, 2.45) is 10.8 Å². The number of benzene rings is 3. The lowest BCUT2D eigenvalue weighted by Crippen LogP contribution is -2.51. The molecule has 0 saturated heterocycles. The normalized spacial score (nSPS) is 13.0. The first-order valence-electron chi connectivity index (χ1n) is 9.90. The molecule has 0 saturated carbocycles. The monoisotopic (exact) mass is 376 g/mol. The number of phenolic OH excluding ortho intramolecular Hbond substituents is 1. The average molecular weight is 377 g/mol. The molecule has 0 aliphatic heterocycles. The molecule has 0 unspecified atom stereocenters. The fourth-order valence-electron chi connectivity index (χ4n) is 5.47. The number of ether oxygens (including phenoxy) is 1. The van der Waals surface area contributed by atoms with E-state index in [4.69, 9.17) is 4.74 Å². The second kappa shape index (κ2) is 6.84. The standard InChI is InChI=1S/C26H32O2/c1-24(2,3)26(25(4,5)6,18-11-10-12-19(27)17-18)22-15-16-23(28-7)21-14-9-8-13-20(21)22/h8-17,27H,1-7H3. The van der Waals surface area contributed by atoms with E-state index < -0.39 is 0 Å². The number of methoxy groups -OCH3 is 1. The molecule has 0 aromatic heterocycles. The minimum Gasteiger partial charge on any atom is -0.508 e. The van der Waals surface area contributed by atoms with E-state index in [9.17, 15) is 5.11 Å². The van der Waals surface area contributed by atoms with Crippen molar-refractivity contribution in [1.29, 1.82) is 0 Å². The Morgan fingerprint density at radius 1 is 0.714 bits per heavy atom. The minimum absolute atomic E-state index is 0.115. The van der Waals surface area contributed by atoms with Crippen LogP contribution < -0.4 is 4.74 Å². The summed E-state index contributed by atoms with van der Waals surface area (Å²) < 4.78 is 5.65. The van der Waals surface area contributed by atoms with Crippen molar-refractivity contribution in [2.45, 2.75) is 47.0 Å². The fourth-order valence-corrected chi connectivity index (χ4v) is 5.47. The molecule has 0 atom stereocenters. The summed E-state index contributed by atoms with van der Waals surface area (Å²) in [5, 5.41) is 12.6. The number of hydrogen-bond donors (Lipinski definition) is 1. The largest absolute Gasteiger partial charge is 0.508 e. The van der Waals surface area contributed by atoms with Gasteiger partial charge < -0.3 is 9.84 Å². The third kappa shape index (κ3) is 2.96. The predicted octanol–water partition coefficient (Wildman–Crippen LogP) is 6.93. The molecule has 3 rings (SSSR count). The molecule has 1 N–H and O–H groups in total. The molecule has 0 amide bonds. The molecule has 0 aliphatic rings. The number of aromatic hydroxyl groups is 1. The Balaban J connectivity index is 2.54. The van der Waals surface area contributed by atoms with Crippen molar-refractivity contribution >= 4 is 10.8 Å². The molecule has 2 nitrogen and oxygen atoms in total. The van der Waals surface area contributed by atoms with Gasteiger partial charge in [0, 0.05) is 10.8 Å². The van der Waals surface area contributed by atoms with E-state index >= 15 is 0 Å². The van der Waals surface area contributed by atoms with Gasteiger partial charge in [-0.25, -0.2) is 0 Å². The van der Waals surface area contributed by atoms with Crippen LogP contribution in [0.4, 0.5) is 0 Å². The van der Waals surface area contributed by atoms with Gasteiger partial charge in [0.2, 0.25) is 0 Å². The number of phenols is 1. The molecule has 2 heteroatoms. The van der Waals surface area contributed by atoms with Crippen LogP contribution in [0.3, 0.4) is 0 Å². The van der Waals surface area contributed by atoms with Crippen LogP contribution in [-0.2, 0) is 5.41 Å². The van der Waals surface area contributed by atoms with E-state index in [0.29, 0.717) is 5.75 Å². The minimum atomic E-state index is -0.343. The number of rotatable bonds is 3. The summed E-state index contributed by atoms with van der Waals surface area (Å²) in [7, 11) is 1.72. The third-order valence-electron chi connectivity index (χ3n) is 6.04. The maximum absolute atomic E-state index is 10.3. The van der Waals surface area contributed by atoms with E-state index in [1.54, 1.807) is 13.2 Å². The highest BCUT2D eigenvalue weighted by Gasteiger charge is 2.53. The third-order valence-corrected chi connectivity index (χ3v) is 6.04. The lowest BCUT2D eigenvalue weighted by Gasteiger charge is -2.55. The highest BCUT2D eigenvalue weighted by Crippen LogP contribution is 2.59. The lowest BCUT2D eigenvalue weighted by molar-refractivity contribution is 0.0918. The topological polar surface area (TPSA) is 29.5 Å². The van der Waals surface area contributed by atoms with Gasteiger partial charge in [-0.05, 0) is 45.5 Å². The maximum Gasteiger partial charge on any atom is 0.126 e. The van der Waals surface area contributed by atoms with Crippen molar-refractivity contribution in [1.82, 2.24) is 0 Å². The van der Waals surface area contributed by atoms with Gasteiger partial charge in [0.1, 0.15) is 11.5 Å². The summed E-state index contributed by atoms with van der Waals surface area (Å²) in [6.07, 6.45) is 0. The highest BCUT2D eigenvalue weighted by atomic mass is 16.5. The van der Waals surface area contributed by atoms with E-state index in [-0.39, 0.29) is 16.2 Å². The first kappa shape index (κ1) is 20.3. The molecule has 148 valence electrons. The summed E-state index contributed by atoms with van der Waals surface area (Å²) in [6, 6.07) is 20.5. The maximum atomic E-state index is 10.3. The Bertz CT molecular complexity index is 973. The van der Waals surface area contributed by atoms with Crippen molar-refractivity contribution in [3.63, 3.8) is 0 Å². The van der Waals surface area contributed by atoms with Gasteiger partial charge in [0.05, 0.1) is 7.11 Å². The molecule has 0 heterocycles. The Morgan fingerprint density at radius 3 is 1.86 bits per heavy atom. The Labute approximate surface area is 169 Å². The van der Waals surface area contributed by atoms with Gasteiger partial charge in [0.15, 0.2) is 0 Å². The van der Waals surface area contributed by atoms with Crippen molar-refractivity contribution in [3.05, 3.63) is 71.8 Å². The van der Waals surface area contributed by atoms with E-state index in [1.807, 2.05) is 12.1 Å². The molecule has 0 spiro atoms. The van der Waals surface area contributed by atoms with Gasteiger partial charge in [0.25, 0.3) is 0 Å². The van der Waals surface area contributed by atoms with Crippen LogP contribution in [0.1, 0.15) is 52.7 Å². The van der Waals surface area contributed by atoms with Crippen LogP contribution >= 0.6 is 0 Å². The molecular weight excluding hydrogens is 344 g/mol. The molecule has 28 heavy (non-hydrogen) atoms. The molecule has 0 aliphatic carbocycles. The number of fused-ring (bicyclic) bond motifs is 1. The predicted molar refractivity (Wildman–Crippen MR) is 118 cm³/mol. The molecule has 3 aromatic rings. The second-order valence-corrected chi connectivity index (χ2v) is 9.66. The Kier molecular flexibility index (Phi) is 4.95. The van der Waals surface area contributed by atoms with Crippen molar-refractivity contribution in [3.8, 4) is 11.5 Å². The van der Waals surface area contributed by atoms with Crippen molar-refractivity contribution in [2.75, 3.05) is 7.11 Å². The zero-order chi connectivity index (χ0) is 20.7. The number of hydrogen-bond acceptors (Lipinski definition) is 2. The summed E-state index contributed by atoms with van der Waals surface area (Å²) >= 11 is 0. The smallest absolute Gasteiger partial charge is 0.126 e. The van der Waals surface area contributed by atoms with Crippen LogP contribution in [-0.4, -0.2) is 12.2 Å². The zero-order valence-electron chi connectivity index (χ0n) is 18.1. The quantitative estimate of drug-likeness (QED) is 0.537. The van der Waals surface area contributed by atoms with Crippen LogP contribution in [0.25, 0.3) is 10.8 Å². The fraction of sp³-hybridized carbons (Fsp3) is 0.385. The second-order valence-electron chi connectivity index (χ2n) is 9.66. The van der Waals surface area contributed by atoms with Gasteiger partial charge >= 0.3 is 0 Å². The van der Waals surface area contributed by atoms with Crippen molar-refractivity contribution < 1.29 is 9.84 Å². The first-order valence-corrected chi connectivity index (χ1v) is 9.90. The van der Waals surface area contributed by atoms with Crippen LogP contribution in [0.5, 0.6) is 11.5 Å². The van der Waals surface area contributed by atoms with Gasteiger partial charge in [-0.3, -0.25) is 0 Å².